The molecule has 6 heteroatoms. The maximum Gasteiger partial charge on any atom is 0.266 e. The van der Waals surface area contributed by atoms with Gasteiger partial charge in [0.25, 0.3) is 10.1 Å². The zero-order valence-electron chi connectivity index (χ0n) is 7.94. The highest BCUT2D eigenvalue weighted by Crippen LogP contribution is 1.92. The van der Waals surface area contributed by atoms with Crippen LogP contribution in [0.1, 0.15) is 13.3 Å². The predicted molar refractivity (Wildman–Crippen MR) is 52.2 cm³/mol. The molecule has 80 valence electrons. The molecule has 0 amide bonds. The van der Waals surface area contributed by atoms with E-state index in [-0.39, 0.29) is 5.75 Å². The van der Waals surface area contributed by atoms with Gasteiger partial charge in [-0.05, 0) is 13.0 Å². The summed E-state index contributed by atoms with van der Waals surface area (Å²) in [6, 6.07) is 0. The van der Waals surface area contributed by atoms with Gasteiger partial charge in [-0.1, -0.05) is 6.92 Å². The van der Waals surface area contributed by atoms with Crippen LogP contribution in [0.3, 0.4) is 0 Å². The number of rotatable bonds is 7. The fraction of sp³-hybridized carbons (Fsp3) is 1.00. The van der Waals surface area contributed by atoms with Crippen LogP contribution in [0, 0.1) is 0 Å². The summed E-state index contributed by atoms with van der Waals surface area (Å²) in [5.41, 5.74) is 5.35. The first-order valence-electron chi connectivity index (χ1n) is 4.37. The summed E-state index contributed by atoms with van der Waals surface area (Å²) in [6.07, 6.45) is 0.950. The van der Waals surface area contributed by atoms with Crippen LogP contribution in [0.4, 0.5) is 0 Å². The summed E-state index contributed by atoms with van der Waals surface area (Å²) in [5.74, 6) is -0.215. The smallest absolute Gasteiger partial charge is 0.266 e. The van der Waals surface area contributed by atoms with Gasteiger partial charge in [0.1, 0.15) is 0 Å². The van der Waals surface area contributed by atoms with E-state index in [4.69, 9.17) is 10.3 Å². The Labute approximate surface area is 79.7 Å². The van der Waals surface area contributed by atoms with Crippen molar-refractivity contribution in [2.45, 2.75) is 13.3 Å². The van der Waals surface area contributed by atoms with E-state index >= 15 is 0 Å². The quantitative estimate of drug-likeness (QED) is 0.556. The summed E-state index contributed by atoms with van der Waals surface area (Å²) in [6.45, 7) is 4.35. The summed E-state index contributed by atoms with van der Waals surface area (Å²) in [4.78, 5) is 1.92. The fourth-order valence-corrected chi connectivity index (χ4v) is 1.57. The van der Waals surface area contributed by atoms with Gasteiger partial charge in [-0.15, -0.1) is 0 Å². The van der Waals surface area contributed by atoms with Crippen LogP contribution in [0.2, 0.25) is 0 Å². The topological polar surface area (TPSA) is 83.6 Å². The second-order valence-electron chi connectivity index (χ2n) is 2.92. The third kappa shape index (κ3) is 8.17. The van der Waals surface area contributed by atoms with Gasteiger partial charge in [0.2, 0.25) is 0 Å². The van der Waals surface area contributed by atoms with E-state index in [0.717, 1.165) is 13.0 Å². The van der Waals surface area contributed by atoms with Crippen molar-refractivity contribution in [1.82, 2.24) is 4.90 Å². The van der Waals surface area contributed by atoms with Crippen LogP contribution < -0.4 is 5.73 Å². The van der Waals surface area contributed by atoms with Gasteiger partial charge in [0, 0.05) is 19.6 Å². The molecule has 0 aliphatic carbocycles. The van der Waals surface area contributed by atoms with Crippen molar-refractivity contribution in [3.05, 3.63) is 0 Å². The fourth-order valence-electron chi connectivity index (χ4n) is 1.08. The third-order valence-electron chi connectivity index (χ3n) is 1.65. The van der Waals surface area contributed by atoms with E-state index in [1.54, 1.807) is 0 Å². The van der Waals surface area contributed by atoms with Crippen LogP contribution in [-0.4, -0.2) is 49.8 Å². The monoisotopic (exact) mass is 210 g/mol. The Bertz CT molecular complexity index is 210. The molecule has 0 aliphatic heterocycles. The second kappa shape index (κ2) is 6.31. The normalized spacial score (nSPS) is 12.3. The number of hydrogen-bond donors (Lipinski definition) is 2. The Kier molecular flexibility index (Phi) is 6.23. The molecule has 0 spiro atoms. The van der Waals surface area contributed by atoms with E-state index < -0.39 is 10.1 Å². The van der Waals surface area contributed by atoms with Gasteiger partial charge >= 0.3 is 0 Å². The van der Waals surface area contributed by atoms with Crippen molar-refractivity contribution in [1.29, 1.82) is 0 Å². The first-order valence-corrected chi connectivity index (χ1v) is 5.98. The van der Waals surface area contributed by atoms with E-state index in [0.29, 0.717) is 19.6 Å². The Balaban J connectivity index is 3.81. The minimum absolute atomic E-state index is 0.215. The lowest BCUT2D eigenvalue weighted by Crippen LogP contribution is -2.34. The van der Waals surface area contributed by atoms with Crippen molar-refractivity contribution in [2.75, 3.05) is 31.9 Å². The highest BCUT2D eigenvalue weighted by atomic mass is 32.2. The number of nitrogens with two attached hydrogens (primary N) is 1. The Morgan fingerprint density at radius 1 is 1.31 bits per heavy atom. The molecule has 0 unspecified atom stereocenters. The van der Waals surface area contributed by atoms with Crippen molar-refractivity contribution in [3.63, 3.8) is 0 Å². The van der Waals surface area contributed by atoms with Crippen molar-refractivity contribution in [2.24, 2.45) is 5.73 Å². The molecule has 0 radical (unpaired) electrons. The molecule has 0 rings (SSSR count). The summed E-state index contributed by atoms with van der Waals surface area (Å²) in [5, 5.41) is 0. The average molecular weight is 210 g/mol. The van der Waals surface area contributed by atoms with Crippen molar-refractivity contribution < 1.29 is 13.0 Å². The molecule has 5 nitrogen and oxygen atoms in total. The van der Waals surface area contributed by atoms with Gasteiger partial charge in [0.15, 0.2) is 0 Å². The minimum Gasteiger partial charge on any atom is -0.329 e. The van der Waals surface area contributed by atoms with Gasteiger partial charge in [-0.3, -0.25) is 4.55 Å². The largest absolute Gasteiger partial charge is 0.329 e. The molecular formula is C7H18N2O3S. The maximum absolute atomic E-state index is 10.4. The zero-order valence-corrected chi connectivity index (χ0v) is 8.76. The van der Waals surface area contributed by atoms with Crippen LogP contribution in [0.5, 0.6) is 0 Å². The summed E-state index contributed by atoms with van der Waals surface area (Å²) in [7, 11) is -3.84. The first-order chi connectivity index (χ1) is 5.99. The van der Waals surface area contributed by atoms with E-state index in [2.05, 4.69) is 0 Å². The molecule has 0 bridgehead atoms. The average Bonchev–Trinajstić information content (AvgIpc) is 2.00. The van der Waals surface area contributed by atoms with Gasteiger partial charge < -0.3 is 10.6 Å². The SMILES string of the molecule is CCCN(CCN)CCS(=O)(=O)O. The van der Waals surface area contributed by atoms with Crippen LogP contribution in [0.15, 0.2) is 0 Å². The Hall–Kier alpha value is -0.170. The van der Waals surface area contributed by atoms with Crippen LogP contribution >= 0.6 is 0 Å². The molecule has 0 aromatic rings. The molecule has 0 aliphatic rings. The molecule has 0 heterocycles. The van der Waals surface area contributed by atoms with Gasteiger partial charge in [-0.2, -0.15) is 8.42 Å². The lowest BCUT2D eigenvalue weighted by atomic mass is 10.4. The van der Waals surface area contributed by atoms with Gasteiger partial charge in [0.05, 0.1) is 5.75 Å². The zero-order chi connectivity index (χ0) is 10.3. The highest BCUT2D eigenvalue weighted by molar-refractivity contribution is 7.85. The Morgan fingerprint density at radius 2 is 1.92 bits per heavy atom. The van der Waals surface area contributed by atoms with Crippen molar-refractivity contribution >= 4 is 10.1 Å². The molecule has 0 saturated carbocycles. The van der Waals surface area contributed by atoms with Crippen LogP contribution in [0.25, 0.3) is 0 Å². The molecular weight excluding hydrogens is 192 g/mol. The lowest BCUT2D eigenvalue weighted by molar-refractivity contribution is 0.295. The molecule has 0 atom stereocenters. The van der Waals surface area contributed by atoms with Crippen molar-refractivity contribution in [3.8, 4) is 0 Å². The molecule has 13 heavy (non-hydrogen) atoms. The third-order valence-corrected chi connectivity index (χ3v) is 2.35. The Morgan fingerprint density at radius 3 is 2.31 bits per heavy atom. The first kappa shape index (κ1) is 12.8. The predicted octanol–water partition coefficient (Wildman–Crippen LogP) is -0.455. The number of hydrogen-bond acceptors (Lipinski definition) is 4. The van der Waals surface area contributed by atoms with Gasteiger partial charge in [-0.25, -0.2) is 0 Å². The molecule has 3 N–H and O–H groups in total. The molecule has 0 saturated heterocycles. The summed E-state index contributed by atoms with van der Waals surface area (Å²) < 4.78 is 29.4. The second-order valence-corrected chi connectivity index (χ2v) is 4.49. The highest BCUT2D eigenvalue weighted by Gasteiger charge is 2.08. The van der Waals surface area contributed by atoms with E-state index in [9.17, 15) is 8.42 Å². The molecule has 0 fully saturated rings. The summed E-state index contributed by atoms with van der Waals surface area (Å²) >= 11 is 0. The lowest BCUT2D eigenvalue weighted by Gasteiger charge is -2.19. The van der Waals surface area contributed by atoms with E-state index in [1.807, 2.05) is 11.8 Å². The maximum atomic E-state index is 10.4. The van der Waals surface area contributed by atoms with E-state index in [1.165, 1.54) is 0 Å². The minimum atomic E-state index is -3.84. The number of nitrogens with zero attached hydrogens (tertiary/aromatic N) is 1. The standard InChI is InChI=1S/C7H18N2O3S/c1-2-4-9(5-3-8)6-7-13(10,11)12/h2-8H2,1H3,(H,10,11,12). The van der Waals surface area contributed by atoms with Crippen LogP contribution in [-0.2, 0) is 10.1 Å². The molecule has 0 aromatic carbocycles. The molecule has 0 aromatic heterocycles.